The number of hydrogen-bond acceptors (Lipinski definition) is 5. The summed E-state index contributed by atoms with van der Waals surface area (Å²) in [7, 11) is 0. The van der Waals surface area contributed by atoms with Crippen molar-refractivity contribution in [2.75, 3.05) is 6.54 Å². The Morgan fingerprint density at radius 3 is 2.75 bits per heavy atom. The lowest BCUT2D eigenvalue weighted by atomic mass is 10.1. The standard InChI is InChI=1S/C18H18N4O2/c1-12-6-7-14(11-13(12)2)17(23)20-10-8-16-21-22-18(24-16)15-5-3-4-9-19-15/h3-7,9,11H,8,10H2,1-2H3,(H,20,23). The van der Waals surface area contributed by atoms with Crippen LogP contribution in [-0.4, -0.2) is 27.6 Å². The van der Waals surface area contributed by atoms with Crippen molar-refractivity contribution in [3.8, 4) is 11.6 Å². The lowest BCUT2D eigenvalue weighted by Gasteiger charge is -2.06. The minimum absolute atomic E-state index is 0.109. The molecule has 2 aromatic heterocycles. The number of nitrogens with one attached hydrogen (secondary N) is 1. The summed E-state index contributed by atoms with van der Waals surface area (Å²) >= 11 is 0. The van der Waals surface area contributed by atoms with Crippen molar-refractivity contribution in [1.29, 1.82) is 0 Å². The minimum atomic E-state index is -0.109. The average Bonchev–Trinajstić information content (AvgIpc) is 3.07. The van der Waals surface area contributed by atoms with Gasteiger partial charge < -0.3 is 9.73 Å². The second-order valence-electron chi connectivity index (χ2n) is 5.52. The van der Waals surface area contributed by atoms with Gasteiger partial charge in [0.15, 0.2) is 0 Å². The highest BCUT2D eigenvalue weighted by Gasteiger charge is 2.10. The first-order valence-electron chi connectivity index (χ1n) is 7.73. The van der Waals surface area contributed by atoms with Crippen LogP contribution in [0.1, 0.15) is 27.4 Å². The number of carbonyl (C=O) groups excluding carboxylic acids is 1. The van der Waals surface area contributed by atoms with Gasteiger partial charge >= 0.3 is 0 Å². The Labute approximate surface area is 140 Å². The summed E-state index contributed by atoms with van der Waals surface area (Å²) < 4.78 is 5.56. The van der Waals surface area contributed by atoms with Gasteiger partial charge in [0.1, 0.15) is 5.69 Å². The van der Waals surface area contributed by atoms with Gasteiger partial charge in [0, 0.05) is 24.7 Å². The molecule has 122 valence electrons. The van der Waals surface area contributed by atoms with Crippen LogP contribution in [0.3, 0.4) is 0 Å². The molecule has 0 radical (unpaired) electrons. The third-order valence-corrected chi connectivity index (χ3v) is 3.74. The summed E-state index contributed by atoms with van der Waals surface area (Å²) in [5.41, 5.74) is 3.55. The number of pyridine rings is 1. The van der Waals surface area contributed by atoms with E-state index in [9.17, 15) is 4.79 Å². The van der Waals surface area contributed by atoms with Crippen LogP contribution in [-0.2, 0) is 6.42 Å². The first-order chi connectivity index (χ1) is 11.6. The molecule has 1 N–H and O–H groups in total. The molecule has 24 heavy (non-hydrogen) atoms. The van der Waals surface area contributed by atoms with Gasteiger partial charge in [-0.1, -0.05) is 12.1 Å². The molecule has 6 heteroatoms. The van der Waals surface area contributed by atoms with E-state index in [2.05, 4.69) is 20.5 Å². The number of hydrogen-bond donors (Lipinski definition) is 1. The molecule has 0 unspecified atom stereocenters. The molecule has 0 spiro atoms. The van der Waals surface area contributed by atoms with Crippen molar-refractivity contribution in [3.63, 3.8) is 0 Å². The molecule has 0 aliphatic carbocycles. The van der Waals surface area contributed by atoms with Crippen LogP contribution in [0.15, 0.2) is 47.0 Å². The van der Waals surface area contributed by atoms with Gasteiger partial charge in [-0.15, -0.1) is 10.2 Å². The van der Waals surface area contributed by atoms with Crippen LogP contribution >= 0.6 is 0 Å². The van der Waals surface area contributed by atoms with Gasteiger partial charge in [-0.05, 0) is 49.2 Å². The number of carbonyl (C=O) groups is 1. The van der Waals surface area contributed by atoms with Gasteiger partial charge in [-0.2, -0.15) is 0 Å². The Morgan fingerprint density at radius 2 is 2.00 bits per heavy atom. The number of rotatable bonds is 5. The Hall–Kier alpha value is -3.02. The molecule has 0 saturated carbocycles. The van der Waals surface area contributed by atoms with Crippen LogP contribution in [0, 0.1) is 13.8 Å². The second-order valence-corrected chi connectivity index (χ2v) is 5.52. The highest BCUT2D eigenvalue weighted by molar-refractivity contribution is 5.94. The smallest absolute Gasteiger partial charge is 0.266 e. The number of aromatic nitrogens is 3. The van der Waals surface area contributed by atoms with Crippen LogP contribution in [0.5, 0.6) is 0 Å². The predicted octanol–water partition coefficient (Wildman–Crippen LogP) is 2.72. The summed E-state index contributed by atoms with van der Waals surface area (Å²) in [5.74, 6) is 0.740. The van der Waals surface area contributed by atoms with E-state index in [1.54, 1.807) is 12.3 Å². The normalized spacial score (nSPS) is 10.6. The molecule has 0 bridgehead atoms. The molecular formula is C18H18N4O2. The fourth-order valence-corrected chi connectivity index (χ4v) is 2.22. The van der Waals surface area contributed by atoms with E-state index >= 15 is 0 Å². The highest BCUT2D eigenvalue weighted by atomic mass is 16.4. The predicted molar refractivity (Wildman–Crippen MR) is 89.5 cm³/mol. The fraction of sp³-hybridized carbons (Fsp3) is 0.222. The van der Waals surface area contributed by atoms with Crippen molar-refractivity contribution in [2.45, 2.75) is 20.3 Å². The molecule has 2 heterocycles. The number of benzene rings is 1. The van der Waals surface area contributed by atoms with Gasteiger partial charge in [-0.25, -0.2) is 0 Å². The maximum atomic E-state index is 12.1. The summed E-state index contributed by atoms with van der Waals surface area (Å²) in [6.45, 7) is 4.44. The molecule has 6 nitrogen and oxygen atoms in total. The number of nitrogens with zero attached hydrogens (tertiary/aromatic N) is 3. The van der Waals surface area contributed by atoms with E-state index in [-0.39, 0.29) is 5.91 Å². The molecule has 0 saturated heterocycles. The molecule has 0 aliphatic rings. The summed E-state index contributed by atoms with van der Waals surface area (Å²) in [6.07, 6.45) is 2.14. The van der Waals surface area contributed by atoms with Crippen molar-refractivity contribution in [3.05, 3.63) is 65.2 Å². The summed E-state index contributed by atoms with van der Waals surface area (Å²) in [5, 5.41) is 10.8. The lowest BCUT2D eigenvalue weighted by Crippen LogP contribution is -2.25. The zero-order chi connectivity index (χ0) is 16.9. The molecule has 0 aliphatic heterocycles. The third-order valence-electron chi connectivity index (χ3n) is 3.74. The fourth-order valence-electron chi connectivity index (χ4n) is 2.22. The molecule has 1 aromatic carbocycles. The minimum Gasteiger partial charge on any atom is -0.419 e. The Bertz CT molecular complexity index is 843. The van der Waals surface area contributed by atoms with E-state index in [1.807, 2.05) is 44.2 Å². The van der Waals surface area contributed by atoms with Crippen LogP contribution in [0.25, 0.3) is 11.6 Å². The molecule has 0 fully saturated rings. The van der Waals surface area contributed by atoms with E-state index in [0.29, 0.717) is 36.0 Å². The van der Waals surface area contributed by atoms with Crippen molar-refractivity contribution >= 4 is 5.91 Å². The topological polar surface area (TPSA) is 80.9 Å². The summed E-state index contributed by atoms with van der Waals surface area (Å²) in [4.78, 5) is 16.3. The maximum absolute atomic E-state index is 12.1. The van der Waals surface area contributed by atoms with Gasteiger partial charge in [0.2, 0.25) is 5.89 Å². The first kappa shape index (κ1) is 15.9. The van der Waals surface area contributed by atoms with E-state index in [4.69, 9.17) is 4.42 Å². The third kappa shape index (κ3) is 3.65. The van der Waals surface area contributed by atoms with Crippen LogP contribution in [0.2, 0.25) is 0 Å². The quantitative estimate of drug-likeness (QED) is 0.781. The van der Waals surface area contributed by atoms with E-state index in [1.165, 1.54) is 5.56 Å². The molecule has 3 rings (SSSR count). The van der Waals surface area contributed by atoms with Gasteiger partial charge in [0.05, 0.1) is 0 Å². The monoisotopic (exact) mass is 322 g/mol. The van der Waals surface area contributed by atoms with E-state index in [0.717, 1.165) is 5.56 Å². The van der Waals surface area contributed by atoms with Crippen molar-refractivity contribution in [2.24, 2.45) is 0 Å². The Kier molecular flexibility index (Phi) is 4.65. The highest BCUT2D eigenvalue weighted by Crippen LogP contribution is 2.14. The Balaban J connectivity index is 1.56. The Morgan fingerprint density at radius 1 is 1.12 bits per heavy atom. The largest absolute Gasteiger partial charge is 0.419 e. The maximum Gasteiger partial charge on any atom is 0.266 e. The first-order valence-corrected chi connectivity index (χ1v) is 7.73. The molecular weight excluding hydrogens is 304 g/mol. The average molecular weight is 322 g/mol. The van der Waals surface area contributed by atoms with Gasteiger partial charge in [0.25, 0.3) is 11.8 Å². The van der Waals surface area contributed by atoms with Crippen molar-refractivity contribution < 1.29 is 9.21 Å². The molecule has 0 atom stereocenters. The second kappa shape index (κ2) is 7.04. The van der Waals surface area contributed by atoms with Crippen molar-refractivity contribution in [1.82, 2.24) is 20.5 Å². The van der Waals surface area contributed by atoms with E-state index < -0.39 is 0 Å². The molecule has 1 amide bonds. The SMILES string of the molecule is Cc1ccc(C(=O)NCCc2nnc(-c3ccccn3)o2)cc1C. The summed E-state index contributed by atoms with van der Waals surface area (Å²) in [6, 6.07) is 11.1. The zero-order valence-corrected chi connectivity index (χ0v) is 13.6. The van der Waals surface area contributed by atoms with Crippen LogP contribution < -0.4 is 5.32 Å². The molecule has 3 aromatic rings. The number of amides is 1. The lowest BCUT2D eigenvalue weighted by molar-refractivity contribution is 0.0953. The van der Waals surface area contributed by atoms with Gasteiger partial charge in [-0.3, -0.25) is 9.78 Å². The number of aryl methyl sites for hydroxylation is 2. The zero-order valence-electron chi connectivity index (χ0n) is 13.6. The van der Waals surface area contributed by atoms with Crippen LogP contribution in [0.4, 0.5) is 0 Å².